The monoisotopic (exact) mass is 451 g/mol. The van der Waals surface area contributed by atoms with Crippen molar-refractivity contribution in [3.8, 4) is 5.69 Å². The number of allylic oxidation sites excluding steroid dienone is 5. The minimum atomic E-state index is 1.06. The number of aromatic amines is 1. The Hall–Kier alpha value is -4.24. The first-order chi connectivity index (χ1) is 17.4. The first-order valence-corrected chi connectivity index (χ1v) is 12.6. The Morgan fingerprint density at radius 3 is 2.43 bits per heavy atom. The summed E-state index contributed by atoms with van der Waals surface area (Å²) in [7, 11) is 0. The third kappa shape index (κ3) is 2.61. The van der Waals surface area contributed by atoms with Crippen LogP contribution in [-0.4, -0.2) is 14.1 Å². The fourth-order valence-corrected chi connectivity index (χ4v) is 6.26. The molecule has 0 saturated carbocycles. The van der Waals surface area contributed by atoms with E-state index in [2.05, 4.69) is 111 Å². The molecule has 3 heteroatoms. The van der Waals surface area contributed by atoms with Crippen LogP contribution < -0.4 is 0 Å². The maximum absolute atomic E-state index is 3.69. The van der Waals surface area contributed by atoms with Gasteiger partial charge in [0.1, 0.15) is 0 Å². The van der Waals surface area contributed by atoms with Crippen molar-refractivity contribution in [3.63, 3.8) is 0 Å². The first kappa shape index (κ1) is 19.1. The summed E-state index contributed by atoms with van der Waals surface area (Å²) in [5, 5.41) is 3.87. The molecular weight excluding hydrogens is 426 g/mol. The fourth-order valence-electron chi connectivity index (χ4n) is 6.26. The Labute approximate surface area is 203 Å². The van der Waals surface area contributed by atoms with Crippen molar-refractivity contribution in [1.82, 2.24) is 14.1 Å². The summed E-state index contributed by atoms with van der Waals surface area (Å²) in [5.74, 6) is 0. The van der Waals surface area contributed by atoms with Gasteiger partial charge in [-0.1, -0.05) is 54.6 Å². The molecule has 0 amide bonds. The minimum absolute atomic E-state index is 1.06. The molecule has 0 atom stereocenters. The van der Waals surface area contributed by atoms with Gasteiger partial charge in [-0.25, -0.2) is 0 Å². The summed E-state index contributed by atoms with van der Waals surface area (Å²) < 4.78 is 5.07. The standard InChI is InChI=1S/C32H25N3/c1-3-11-21(12-4-1)34-29-18-10-8-16-24(29)31-32(34)26-19-28-25(23-15-7-9-17-27(23)33-28)20-30(26)35(31)22-13-5-2-6-14-22/h1-3,5-7,9-11,13-15,17-20,33H,4,8,12,16H2. The number of rotatable bonds is 2. The van der Waals surface area contributed by atoms with Gasteiger partial charge in [0.05, 0.1) is 22.2 Å². The number of nitrogens with zero attached hydrogens (tertiary/aromatic N) is 2. The summed E-state index contributed by atoms with van der Waals surface area (Å²) in [6.45, 7) is 0. The normalized spacial score (nSPS) is 15.5. The van der Waals surface area contributed by atoms with Gasteiger partial charge in [-0.15, -0.1) is 0 Å². The lowest BCUT2D eigenvalue weighted by Gasteiger charge is -2.17. The molecule has 0 saturated heterocycles. The minimum Gasteiger partial charge on any atom is -0.354 e. The number of benzene rings is 3. The molecule has 1 N–H and O–H groups in total. The number of H-pyrrole nitrogens is 1. The van der Waals surface area contributed by atoms with Crippen molar-refractivity contribution in [1.29, 1.82) is 0 Å². The summed E-state index contributed by atoms with van der Waals surface area (Å²) >= 11 is 0. The van der Waals surface area contributed by atoms with Crippen molar-refractivity contribution >= 4 is 55.5 Å². The Bertz CT molecular complexity index is 1880. The number of hydrogen-bond donors (Lipinski definition) is 1. The summed E-state index contributed by atoms with van der Waals surface area (Å²) in [6.07, 6.45) is 15.8. The molecule has 6 aromatic rings. The number of hydrogen-bond acceptors (Lipinski definition) is 0. The molecule has 0 fully saturated rings. The van der Waals surface area contributed by atoms with E-state index in [0.717, 1.165) is 25.7 Å². The zero-order valence-electron chi connectivity index (χ0n) is 19.5. The van der Waals surface area contributed by atoms with Gasteiger partial charge in [-0.3, -0.25) is 0 Å². The lowest BCUT2D eigenvalue weighted by molar-refractivity contribution is 0.928. The average molecular weight is 452 g/mol. The highest BCUT2D eigenvalue weighted by Crippen LogP contribution is 2.44. The molecule has 3 heterocycles. The average Bonchev–Trinajstić information content (AvgIpc) is 3.55. The van der Waals surface area contributed by atoms with Crippen LogP contribution in [0.5, 0.6) is 0 Å². The molecule has 0 unspecified atom stereocenters. The summed E-state index contributed by atoms with van der Waals surface area (Å²) in [6, 6.07) is 24.3. The van der Waals surface area contributed by atoms with Crippen molar-refractivity contribution in [2.24, 2.45) is 0 Å². The van der Waals surface area contributed by atoms with Crippen molar-refractivity contribution < 1.29 is 0 Å². The van der Waals surface area contributed by atoms with Gasteiger partial charge in [-0.2, -0.15) is 0 Å². The second-order valence-electron chi connectivity index (χ2n) is 9.72. The molecule has 3 nitrogen and oxygen atoms in total. The lowest BCUT2D eigenvalue weighted by Crippen LogP contribution is -2.04. The molecule has 3 aromatic heterocycles. The molecule has 0 spiro atoms. The van der Waals surface area contributed by atoms with E-state index in [1.54, 1.807) is 0 Å². The van der Waals surface area contributed by atoms with E-state index >= 15 is 0 Å². The Balaban J connectivity index is 1.61. The van der Waals surface area contributed by atoms with Crippen molar-refractivity contribution in [2.75, 3.05) is 0 Å². The predicted molar refractivity (Wildman–Crippen MR) is 148 cm³/mol. The quantitative estimate of drug-likeness (QED) is 0.274. The van der Waals surface area contributed by atoms with E-state index in [0.29, 0.717) is 0 Å². The molecular formula is C32H25N3. The smallest absolute Gasteiger partial charge is 0.0798 e. The number of para-hydroxylation sites is 2. The Morgan fingerprint density at radius 1 is 0.686 bits per heavy atom. The van der Waals surface area contributed by atoms with Crippen LogP contribution in [0.1, 0.15) is 30.5 Å². The van der Waals surface area contributed by atoms with Crippen LogP contribution in [0.15, 0.2) is 91.0 Å². The van der Waals surface area contributed by atoms with Gasteiger partial charge in [0, 0.05) is 44.1 Å². The second-order valence-corrected chi connectivity index (χ2v) is 9.72. The van der Waals surface area contributed by atoms with E-state index in [1.165, 1.54) is 66.4 Å². The fraction of sp³-hybridized carbons (Fsp3) is 0.125. The Morgan fingerprint density at radius 2 is 1.54 bits per heavy atom. The Kier molecular flexibility index (Phi) is 3.89. The van der Waals surface area contributed by atoms with Crippen LogP contribution in [0.3, 0.4) is 0 Å². The molecule has 0 radical (unpaired) electrons. The predicted octanol–water partition coefficient (Wildman–Crippen LogP) is 8.37. The lowest BCUT2D eigenvalue weighted by atomic mass is 10.0. The van der Waals surface area contributed by atoms with Crippen LogP contribution in [-0.2, 0) is 6.42 Å². The van der Waals surface area contributed by atoms with Crippen LogP contribution in [0.2, 0.25) is 0 Å². The summed E-state index contributed by atoms with van der Waals surface area (Å²) in [5.41, 5.74) is 11.8. The van der Waals surface area contributed by atoms with E-state index in [9.17, 15) is 0 Å². The molecule has 2 aliphatic carbocycles. The topological polar surface area (TPSA) is 25.6 Å². The highest BCUT2D eigenvalue weighted by molar-refractivity contribution is 6.19. The molecule has 168 valence electrons. The molecule has 8 rings (SSSR count). The number of aromatic nitrogens is 3. The zero-order chi connectivity index (χ0) is 22.9. The van der Waals surface area contributed by atoms with E-state index < -0.39 is 0 Å². The van der Waals surface area contributed by atoms with Crippen LogP contribution in [0.4, 0.5) is 0 Å². The van der Waals surface area contributed by atoms with E-state index in [4.69, 9.17) is 0 Å². The van der Waals surface area contributed by atoms with Gasteiger partial charge in [-0.05, 0) is 68.2 Å². The molecule has 3 aromatic carbocycles. The number of aryl methyl sites for hydroxylation is 1. The maximum Gasteiger partial charge on any atom is 0.0798 e. The van der Waals surface area contributed by atoms with Crippen LogP contribution in [0.25, 0.3) is 61.2 Å². The molecule has 0 bridgehead atoms. The van der Waals surface area contributed by atoms with Gasteiger partial charge < -0.3 is 14.1 Å². The molecule has 35 heavy (non-hydrogen) atoms. The molecule has 0 aliphatic heterocycles. The largest absolute Gasteiger partial charge is 0.354 e. The second kappa shape index (κ2) is 7.13. The van der Waals surface area contributed by atoms with Crippen LogP contribution >= 0.6 is 0 Å². The molecule has 2 aliphatic rings. The number of nitrogens with one attached hydrogen (secondary N) is 1. The SMILES string of the molecule is C1=CCCC(n2c3c(c4c2c2cc5[nH]c6ccccc6c5cc2n4-c2ccccc2)CCC=C3)=C1. The van der Waals surface area contributed by atoms with Gasteiger partial charge in [0.2, 0.25) is 0 Å². The third-order valence-corrected chi connectivity index (χ3v) is 7.76. The van der Waals surface area contributed by atoms with E-state index in [1.807, 2.05) is 0 Å². The number of fused-ring (bicyclic) bond motifs is 8. The van der Waals surface area contributed by atoms with E-state index in [-0.39, 0.29) is 0 Å². The zero-order valence-corrected chi connectivity index (χ0v) is 19.5. The first-order valence-electron chi connectivity index (χ1n) is 12.6. The van der Waals surface area contributed by atoms with Gasteiger partial charge in [0.25, 0.3) is 0 Å². The van der Waals surface area contributed by atoms with Crippen molar-refractivity contribution in [3.05, 3.63) is 102 Å². The van der Waals surface area contributed by atoms with Crippen molar-refractivity contribution in [2.45, 2.75) is 25.7 Å². The van der Waals surface area contributed by atoms with Crippen LogP contribution in [0, 0.1) is 0 Å². The highest BCUT2D eigenvalue weighted by Gasteiger charge is 2.27. The van der Waals surface area contributed by atoms with Gasteiger partial charge in [0.15, 0.2) is 0 Å². The maximum atomic E-state index is 3.69. The van der Waals surface area contributed by atoms with Gasteiger partial charge >= 0.3 is 0 Å². The third-order valence-electron chi connectivity index (χ3n) is 7.76. The highest BCUT2D eigenvalue weighted by atomic mass is 15.1. The summed E-state index contributed by atoms with van der Waals surface area (Å²) in [4.78, 5) is 3.69.